The van der Waals surface area contributed by atoms with E-state index in [9.17, 15) is 4.39 Å². The van der Waals surface area contributed by atoms with Crippen LogP contribution in [0.4, 0.5) is 16.2 Å². The predicted molar refractivity (Wildman–Crippen MR) is 57.4 cm³/mol. The summed E-state index contributed by atoms with van der Waals surface area (Å²) in [5.41, 5.74) is 0. The summed E-state index contributed by atoms with van der Waals surface area (Å²) >= 11 is 0. The molecular weight excluding hydrogens is 195 g/mol. The fourth-order valence-electron chi connectivity index (χ4n) is 1.85. The molecule has 2 N–H and O–H groups in total. The number of nitrogens with zero attached hydrogens (tertiary/aromatic N) is 2. The second kappa shape index (κ2) is 4.42. The molecule has 0 radical (unpaired) electrons. The van der Waals surface area contributed by atoms with Crippen molar-refractivity contribution < 1.29 is 4.39 Å². The number of rotatable bonds is 3. The van der Waals surface area contributed by atoms with Gasteiger partial charge in [0.25, 0.3) is 0 Å². The highest BCUT2D eigenvalue weighted by molar-refractivity contribution is 5.41. The first kappa shape index (κ1) is 10.1. The van der Waals surface area contributed by atoms with Crippen LogP contribution in [0.1, 0.15) is 25.7 Å². The number of aromatic nitrogens is 2. The van der Waals surface area contributed by atoms with Crippen molar-refractivity contribution in [3.8, 4) is 0 Å². The first-order chi connectivity index (χ1) is 7.29. The lowest BCUT2D eigenvalue weighted by Crippen LogP contribution is -2.17. The minimum Gasteiger partial charge on any atom is -0.365 e. The maximum absolute atomic E-state index is 13.3. The van der Waals surface area contributed by atoms with Crippen LogP contribution in [0, 0.1) is 5.82 Å². The minimum absolute atomic E-state index is 0.307. The van der Waals surface area contributed by atoms with E-state index in [1.807, 2.05) is 0 Å². The summed E-state index contributed by atoms with van der Waals surface area (Å²) in [6, 6.07) is 0.360. The van der Waals surface area contributed by atoms with Crippen LogP contribution in [-0.4, -0.2) is 23.1 Å². The highest BCUT2D eigenvalue weighted by Crippen LogP contribution is 2.22. The number of hydrogen-bond donors (Lipinski definition) is 2. The fourth-order valence-corrected chi connectivity index (χ4v) is 1.85. The molecule has 1 heterocycles. The molecule has 1 aromatic rings. The summed E-state index contributed by atoms with van der Waals surface area (Å²) < 4.78 is 13.3. The van der Waals surface area contributed by atoms with E-state index >= 15 is 0 Å². The summed E-state index contributed by atoms with van der Waals surface area (Å²) in [5, 5.41) is 5.91. The van der Waals surface area contributed by atoms with Crippen LogP contribution in [0.2, 0.25) is 0 Å². The molecule has 5 heteroatoms. The maximum Gasteiger partial charge on any atom is 0.224 e. The number of halogens is 1. The molecule has 0 unspecified atom stereocenters. The Labute approximate surface area is 88.3 Å². The third-order valence-corrected chi connectivity index (χ3v) is 2.66. The topological polar surface area (TPSA) is 49.8 Å². The van der Waals surface area contributed by atoms with Gasteiger partial charge in [0.05, 0.1) is 6.20 Å². The Bertz CT molecular complexity index is 336. The van der Waals surface area contributed by atoms with Gasteiger partial charge in [0.15, 0.2) is 11.6 Å². The lowest BCUT2D eigenvalue weighted by Gasteiger charge is -2.13. The number of anilines is 2. The number of hydrogen-bond acceptors (Lipinski definition) is 4. The molecule has 0 aromatic carbocycles. The molecule has 1 aliphatic carbocycles. The zero-order chi connectivity index (χ0) is 10.7. The monoisotopic (exact) mass is 210 g/mol. The Morgan fingerprint density at radius 3 is 2.80 bits per heavy atom. The van der Waals surface area contributed by atoms with E-state index in [-0.39, 0.29) is 5.82 Å². The zero-order valence-electron chi connectivity index (χ0n) is 8.76. The molecular formula is C10H15FN4. The largest absolute Gasteiger partial charge is 0.365 e. The molecule has 2 rings (SSSR count). The summed E-state index contributed by atoms with van der Waals surface area (Å²) in [5.74, 6) is 0.360. The second-order valence-corrected chi connectivity index (χ2v) is 3.77. The van der Waals surface area contributed by atoms with Crippen LogP contribution < -0.4 is 10.6 Å². The number of nitrogens with one attached hydrogen (secondary N) is 2. The molecule has 0 atom stereocenters. The normalized spacial score (nSPS) is 16.7. The molecule has 15 heavy (non-hydrogen) atoms. The lowest BCUT2D eigenvalue weighted by atomic mass is 10.2. The Balaban J connectivity index is 2.11. The third kappa shape index (κ3) is 2.34. The van der Waals surface area contributed by atoms with Crippen molar-refractivity contribution in [1.82, 2.24) is 9.97 Å². The molecule has 1 fully saturated rings. The van der Waals surface area contributed by atoms with Crippen molar-refractivity contribution in [3.63, 3.8) is 0 Å². The quantitative estimate of drug-likeness (QED) is 0.801. The lowest BCUT2D eigenvalue weighted by molar-refractivity contribution is 0.610. The van der Waals surface area contributed by atoms with E-state index in [1.165, 1.54) is 19.0 Å². The van der Waals surface area contributed by atoms with Crippen molar-refractivity contribution in [2.45, 2.75) is 31.7 Å². The van der Waals surface area contributed by atoms with Gasteiger partial charge in [-0.2, -0.15) is 4.98 Å². The van der Waals surface area contributed by atoms with Crippen LogP contribution in [-0.2, 0) is 0 Å². The molecule has 0 amide bonds. The van der Waals surface area contributed by atoms with E-state index < -0.39 is 0 Å². The van der Waals surface area contributed by atoms with Gasteiger partial charge in [0.1, 0.15) is 0 Å². The molecule has 1 saturated carbocycles. The van der Waals surface area contributed by atoms with E-state index in [0.717, 1.165) is 12.8 Å². The van der Waals surface area contributed by atoms with Crippen LogP contribution in [0.3, 0.4) is 0 Å². The van der Waals surface area contributed by atoms with Crippen molar-refractivity contribution in [2.75, 3.05) is 17.7 Å². The first-order valence-corrected chi connectivity index (χ1v) is 5.26. The van der Waals surface area contributed by atoms with Gasteiger partial charge in [-0.25, -0.2) is 9.37 Å². The first-order valence-electron chi connectivity index (χ1n) is 5.26. The van der Waals surface area contributed by atoms with Gasteiger partial charge >= 0.3 is 0 Å². The molecule has 4 nitrogen and oxygen atoms in total. The van der Waals surface area contributed by atoms with Crippen LogP contribution >= 0.6 is 0 Å². The van der Waals surface area contributed by atoms with Gasteiger partial charge in [-0.1, -0.05) is 12.8 Å². The predicted octanol–water partition coefficient (Wildman–Crippen LogP) is 2.01. The van der Waals surface area contributed by atoms with E-state index in [1.54, 1.807) is 7.05 Å². The summed E-state index contributed by atoms with van der Waals surface area (Å²) in [6.07, 6.45) is 5.80. The van der Waals surface area contributed by atoms with Crippen molar-refractivity contribution in [2.24, 2.45) is 0 Å². The van der Waals surface area contributed by atoms with Crippen LogP contribution in [0.25, 0.3) is 0 Å². The Morgan fingerprint density at radius 1 is 1.40 bits per heavy atom. The maximum atomic E-state index is 13.3. The average molecular weight is 210 g/mol. The Kier molecular flexibility index (Phi) is 2.99. The summed E-state index contributed by atoms with van der Waals surface area (Å²) in [7, 11) is 1.71. The summed E-state index contributed by atoms with van der Waals surface area (Å²) in [4.78, 5) is 7.84. The standard InChI is InChI=1S/C10H15FN4/c1-12-10-13-6-8(11)9(15-10)14-7-4-2-3-5-7/h6-7H,2-5H2,1H3,(H2,12,13,14,15). The van der Waals surface area contributed by atoms with Gasteiger partial charge in [-0.3, -0.25) is 0 Å². The smallest absolute Gasteiger partial charge is 0.224 e. The molecule has 82 valence electrons. The van der Waals surface area contributed by atoms with Gasteiger partial charge in [-0.05, 0) is 12.8 Å². The second-order valence-electron chi connectivity index (χ2n) is 3.77. The highest BCUT2D eigenvalue weighted by atomic mass is 19.1. The Hall–Kier alpha value is -1.39. The van der Waals surface area contributed by atoms with Crippen molar-refractivity contribution >= 4 is 11.8 Å². The van der Waals surface area contributed by atoms with Gasteiger partial charge < -0.3 is 10.6 Å². The Morgan fingerprint density at radius 2 is 2.13 bits per heavy atom. The van der Waals surface area contributed by atoms with E-state index in [0.29, 0.717) is 17.8 Å². The fraction of sp³-hybridized carbons (Fsp3) is 0.600. The molecule has 1 aliphatic rings. The van der Waals surface area contributed by atoms with E-state index in [2.05, 4.69) is 20.6 Å². The van der Waals surface area contributed by atoms with E-state index in [4.69, 9.17) is 0 Å². The van der Waals surface area contributed by atoms with Gasteiger partial charge in [-0.15, -0.1) is 0 Å². The van der Waals surface area contributed by atoms with Crippen molar-refractivity contribution in [1.29, 1.82) is 0 Å². The van der Waals surface area contributed by atoms with Gasteiger partial charge in [0.2, 0.25) is 5.95 Å². The molecule has 0 spiro atoms. The molecule has 0 bridgehead atoms. The SMILES string of the molecule is CNc1ncc(F)c(NC2CCCC2)n1. The zero-order valence-corrected chi connectivity index (χ0v) is 8.76. The highest BCUT2D eigenvalue weighted by Gasteiger charge is 2.17. The molecule has 0 saturated heterocycles. The third-order valence-electron chi connectivity index (χ3n) is 2.66. The van der Waals surface area contributed by atoms with Crippen molar-refractivity contribution in [3.05, 3.63) is 12.0 Å². The van der Waals surface area contributed by atoms with Gasteiger partial charge in [0, 0.05) is 13.1 Å². The molecule has 1 aromatic heterocycles. The van der Waals surface area contributed by atoms with Crippen LogP contribution in [0.15, 0.2) is 6.20 Å². The summed E-state index contributed by atoms with van der Waals surface area (Å²) in [6.45, 7) is 0. The average Bonchev–Trinajstić information content (AvgIpc) is 2.74. The molecule has 0 aliphatic heterocycles. The van der Waals surface area contributed by atoms with Crippen LogP contribution in [0.5, 0.6) is 0 Å². The minimum atomic E-state index is -0.388.